The van der Waals surface area contributed by atoms with Gasteiger partial charge < -0.3 is 10.0 Å². The van der Waals surface area contributed by atoms with Crippen molar-refractivity contribution >= 4 is 23.4 Å². The van der Waals surface area contributed by atoms with Crippen LogP contribution >= 0.6 is 0 Å². The minimum atomic E-state index is -1.86. The molecule has 0 saturated carbocycles. The Kier molecular flexibility index (Phi) is 6.40. The molecular weight excluding hydrogens is 422 g/mol. The maximum absolute atomic E-state index is 13.2. The van der Waals surface area contributed by atoms with Gasteiger partial charge in [0.2, 0.25) is 0 Å². The molecule has 3 aromatic rings. The Morgan fingerprint density at radius 2 is 1.62 bits per heavy atom. The van der Waals surface area contributed by atoms with Crippen LogP contribution in [0.3, 0.4) is 0 Å². The molecule has 3 aromatic carbocycles. The van der Waals surface area contributed by atoms with E-state index in [0.29, 0.717) is 11.1 Å². The monoisotopic (exact) mass is 453 g/mol. The number of hydrogen-bond donors (Lipinski definition) is 2. The molecule has 2 N–H and O–H groups in total. The van der Waals surface area contributed by atoms with Crippen LogP contribution in [0.1, 0.15) is 49.9 Å². The molecule has 0 saturated heterocycles. The lowest BCUT2D eigenvalue weighted by Gasteiger charge is -2.42. The van der Waals surface area contributed by atoms with E-state index in [4.69, 9.17) is 0 Å². The first-order valence-electron chi connectivity index (χ1n) is 11.6. The molecule has 0 aliphatic carbocycles. The number of amides is 1. The van der Waals surface area contributed by atoms with Gasteiger partial charge in [0, 0.05) is 17.8 Å². The zero-order chi connectivity index (χ0) is 24.3. The minimum Gasteiger partial charge on any atom is -0.372 e. The van der Waals surface area contributed by atoms with Gasteiger partial charge in [0.05, 0.1) is 11.8 Å². The molecule has 0 atom stereocenters. The summed E-state index contributed by atoms with van der Waals surface area (Å²) in [4.78, 5) is 15.6. The van der Waals surface area contributed by atoms with Crippen molar-refractivity contribution in [1.82, 2.24) is 5.43 Å². The average molecular weight is 454 g/mol. The molecule has 1 amide bonds. The van der Waals surface area contributed by atoms with Crippen LogP contribution in [0.2, 0.25) is 0 Å². The maximum atomic E-state index is 13.2. The number of hydrogen-bond acceptors (Lipinski definition) is 4. The largest absolute Gasteiger partial charge is 0.372 e. The maximum Gasteiger partial charge on any atom is 0.281 e. The van der Waals surface area contributed by atoms with Crippen LogP contribution in [-0.2, 0) is 10.4 Å². The first kappa shape index (κ1) is 23.5. The summed E-state index contributed by atoms with van der Waals surface area (Å²) in [6.07, 6.45) is 3.89. The van der Waals surface area contributed by atoms with Crippen LogP contribution < -0.4 is 10.3 Å². The van der Waals surface area contributed by atoms with Crippen LogP contribution in [0.5, 0.6) is 0 Å². The molecule has 1 aliphatic rings. The third-order valence-electron chi connectivity index (χ3n) is 6.41. The van der Waals surface area contributed by atoms with E-state index in [9.17, 15) is 9.90 Å². The number of nitrogens with one attached hydrogen (secondary N) is 1. The van der Waals surface area contributed by atoms with Crippen molar-refractivity contribution in [1.29, 1.82) is 0 Å². The average Bonchev–Trinajstić information content (AvgIpc) is 2.84. The van der Waals surface area contributed by atoms with Gasteiger partial charge in [0.1, 0.15) is 0 Å². The molecule has 0 unspecified atom stereocenters. The SMILES string of the molecule is CCN1c2ccc(/C=N/NC(=O)C(O)(c3ccccc3)c3ccccc3)cc2C(C)=CC1(C)C. The molecule has 0 spiro atoms. The van der Waals surface area contributed by atoms with Crippen molar-refractivity contribution in [2.75, 3.05) is 11.4 Å². The molecule has 0 radical (unpaired) electrons. The summed E-state index contributed by atoms with van der Waals surface area (Å²) in [6, 6.07) is 24.0. The summed E-state index contributed by atoms with van der Waals surface area (Å²) >= 11 is 0. The minimum absolute atomic E-state index is 0.0469. The molecule has 4 rings (SSSR count). The number of fused-ring (bicyclic) bond motifs is 1. The third kappa shape index (κ3) is 4.27. The standard InChI is InChI=1S/C29H31N3O2/c1-5-32-26-17-16-22(18-25(26)21(2)19-28(32,3)4)20-30-31-27(33)29(34,23-12-8-6-9-13-23)24-14-10-7-11-15-24/h6-20,34H,5H2,1-4H3,(H,31,33)/b30-20+. The first-order valence-corrected chi connectivity index (χ1v) is 11.6. The Bertz CT molecular complexity index is 1190. The Morgan fingerprint density at radius 1 is 1.03 bits per heavy atom. The van der Waals surface area contributed by atoms with Crippen molar-refractivity contribution < 1.29 is 9.90 Å². The zero-order valence-electron chi connectivity index (χ0n) is 20.1. The van der Waals surface area contributed by atoms with Gasteiger partial charge >= 0.3 is 0 Å². The highest BCUT2D eigenvalue weighted by Gasteiger charge is 2.39. The van der Waals surface area contributed by atoms with E-state index in [0.717, 1.165) is 17.7 Å². The molecule has 1 aliphatic heterocycles. The lowest BCUT2D eigenvalue weighted by Crippen LogP contribution is -2.44. The number of benzene rings is 3. The number of carbonyl (C=O) groups is 1. The molecule has 34 heavy (non-hydrogen) atoms. The fraction of sp³-hybridized carbons (Fsp3) is 0.241. The van der Waals surface area contributed by atoms with Crippen LogP contribution in [0.25, 0.3) is 5.57 Å². The number of rotatable bonds is 6. The van der Waals surface area contributed by atoms with Gasteiger partial charge in [-0.3, -0.25) is 4.79 Å². The van der Waals surface area contributed by atoms with Crippen LogP contribution in [0, 0.1) is 0 Å². The first-order chi connectivity index (χ1) is 16.3. The van der Waals surface area contributed by atoms with Crippen molar-refractivity contribution in [2.45, 2.75) is 38.8 Å². The Balaban J connectivity index is 1.60. The zero-order valence-corrected chi connectivity index (χ0v) is 20.1. The number of allylic oxidation sites excluding steroid dienone is 1. The Labute approximate surface area is 201 Å². The van der Waals surface area contributed by atoms with Crippen molar-refractivity contribution in [3.8, 4) is 0 Å². The van der Waals surface area contributed by atoms with E-state index in [1.807, 2.05) is 18.2 Å². The molecule has 0 bridgehead atoms. The van der Waals surface area contributed by atoms with E-state index in [2.05, 4.69) is 61.3 Å². The molecule has 0 fully saturated rings. The number of nitrogens with zero attached hydrogens (tertiary/aromatic N) is 2. The quantitative estimate of drug-likeness (QED) is 0.403. The van der Waals surface area contributed by atoms with Gasteiger partial charge in [-0.1, -0.05) is 72.8 Å². The lowest BCUT2D eigenvalue weighted by atomic mass is 9.85. The van der Waals surface area contributed by atoms with E-state index in [-0.39, 0.29) is 5.54 Å². The van der Waals surface area contributed by atoms with E-state index >= 15 is 0 Å². The highest BCUT2D eigenvalue weighted by Crippen LogP contribution is 2.38. The third-order valence-corrected chi connectivity index (χ3v) is 6.41. The van der Waals surface area contributed by atoms with Gasteiger partial charge in [-0.05, 0) is 62.1 Å². The van der Waals surface area contributed by atoms with Crippen LogP contribution in [0.4, 0.5) is 5.69 Å². The van der Waals surface area contributed by atoms with Gasteiger partial charge in [0.15, 0.2) is 5.60 Å². The molecule has 5 nitrogen and oxygen atoms in total. The van der Waals surface area contributed by atoms with Crippen molar-refractivity contribution in [3.05, 3.63) is 107 Å². The summed E-state index contributed by atoms with van der Waals surface area (Å²) in [5.41, 5.74) is 6.02. The number of aliphatic hydroxyl groups is 1. The van der Waals surface area contributed by atoms with E-state index in [1.54, 1.807) is 54.7 Å². The van der Waals surface area contributed by atoms with Gasteiger partial charge in [0.25, 0.3) is 5.91 Å². The van der Waals surface area contributed by atoms with Gasteiger partial charge in [-0.2, -0.15) is 5.10 Å². The van der Waals surface area contributed by atoms with E-state index < -0.39 is 11.5 Å². The predicted molar refractivity (Wildman–Crippen MR) is 139 cm³/mol. The van der Waals surface area contributed by atoms with Gasteiger partial charge in [-0.15, -0.1) is 0 Å². The number of carbonyl (C=O) groups excluding carboxylic acids is 1. The number of likely N-dealkylation sites (N-methyl/N-ethyl adjacent to an activating group) is 1. The normalized spacial score (nSPS) is 15.1. The Hall–Kier alpha value is -3.70. The fourth-order valence-corrected chi connectivity index (χ4v) is 4.79. The predicted octanol–water partition coefficient (Wildman–Crippen LogP) is 5.09. The lowest BCUT2D eigenvalue weighted by molar-refractivity contribution is -0.136. The highest BCUT2D eigenvalue weighted by atomic mass is 16.3. The molecule has 5 heteroatoms. The second-order valence-electron chi connectivity index (χ2n) is 9.14. The summed E-state index contributed by atoms with van der Waals surface area (Å²) in [5, 5.41) is 15.7. The summed E-state index contributed by atoms with van der Waals surface area (Å²) in [7, 11) is 0. The molecular formula is C29H31N3O2. The smallest absolute Gasteiger partial charge is 0.281 e. The molecule has 174 valence electrons. The molecule has 1 heterocycles. The van der Waals surface area contributed by atoms with Crippen molar-refractivity contribution in [2.24, 2.45) is 5.10 Å². The Morgan fingerprint density at radius 3 is 2.18 bits per heavy atom. The van der Waals surface area contributed by atoms with Crippen LogP contribution in [-0.4, -0.2) is 29.3 Å². The summed E-state index contributed by atoms with van der Waals surface area (Å²) < 4.78 is 0. The number of anilines is 1. The summed E-state index contributed by atoms with van der Waals surface area (Å²) in [6.45, 7) is 9.62. The summed E-state index contributed by atoms with van der Waals surface area (Å²) in [5.74, 6) is -0.617. The van der Waals surface area contributed by atoms with Gasteiger partial charge in [-0.25, -0.2) is 5.43 Å². The molecule has 0 aromatic heterocycles. The second-order valence-corrected chi connectivity index (χ2v) is 9.14. The van der Waals surface area contributed by atoms with Crippen LogP contribution in [0.15, 0.2) is 90.0 Å². The van der Waals surface area contributed by atoms with E-state index in [1.165, 1.54) is 11.3 Å². The van der Waals surface area contributed by atoms with Crippen molar-refractivity contribution in [3.63, 3.8) is 0 Å². The highest BCUT2D eigenvalue weighted by molar-refractivity contribution is 5.92. The number of hydrazone groups is 1. The fourth-order valence-electron chi connectivity index (χ4n) is 4.79. The second kappa shape index (κ2) is 9.27. The topological polar surface area (TPSA) is 64.9 Å².